The molecule has 0 radical (unpaired) electrons. The second-order valence-electron chi connectivity index (χ2n) is 8.70. The minimum absolute atomic E-state index is 0. The molecular formula is C24H31Cl3SiTi. The van der Waals surface area contributed by atoms with Gasteiger partial charge in [0.2, 0.25) is 0 Å². The van der Waals surface area contributed by atoms with Crippen LogP contribution >= 0.6 is 0 Å². The maximum atomic E-state index is 2.46. The van der Waals surface area contributed by atoms with Crippen molar-refractivity contribution in [2.75, 3.05) is 0 Å². The quantitative estimate of drug-likeness (QED) is 0.374. The van der Waals surface area contributed by atoms with E-state index in [1.807, 2.05) is 0 Å². The van der Waals surface area contributed by atoms with E-state index in [9.17, 15) is 0 Å². The topological polar surface area (TPSA) is 0 Å². The first-order valence-corrected chi connectivity index (χ1v) is 11.9. The van der Waals surface area contributed by atoms with Crippen molar-refractivity contribution < 1.29 is 57.7 Å². The van der Waals surface area contributed by atoms with Crippen LogP contribution in [0.25, 0.3) is 0 Å². The molecule has 2 unspecified atom stereocenters. The molecule has 0 N–H and O–H groups in total. The molecule has 0 fully saturated rings. The van der Waals surface area contributed by atoms with Crippen molar-refractivity contribution in [3.05, 3.63) is 74.2 Å². The first kappa shape index (κ1) is 29.0. The Kier molecular flexibility index (Phi) is 11.0. The molecule has 0 bridgehead atoms. The Labute approximate surface area is 210 Å². The molecule has 0 saturated carbocycles. The first-order valence-electron chi connectivity index (χ1n) is 9.71. The van der Waals surface area contributed by atoms with E-state index in [-0.39, 0.29) is 47.7 Å². The molecule has 0 nitrogen and oxygen atoms in total. The third kappa shape index (κ3) is 5.43. The van der Waals surface area contributed by atoms with Gasteiger partial charge in [-0.15, -0.1) is 0 Å². The van der Waals surface area contributed by atoms with Crippen LogP contribution in [0.5, 0.6) is 0 Å². The van der Waals surface area contributed by atoms with Crippen molar-refractivity contribution in [1.29, 1.82) is 0 Å². The normalized spacial score (nSPS) is 25.9. The average Bonchev–Trinajstić information content (AvgIpc) is 2.75. The van der Waals surface area contributed by atoms with Gasteiger partial charge in [0.05, 0.1) is 0 Å². The third-order valence-electron chi connectivity index (χ3n) is 6.85. The Balaban J connectivity index is 0.00000261. The zero-order valence-corrected chi connectivity index (χ0v) is 23.5. The number of aryl methyl sites for hydroxylation is 2. The monoisotopic (exact) mass is 500 g/mol. The van der Waals surface area contributed by atoms with Crippen molar-refractivity contribution in [3.63, 3.8) is 0 Å². The molecular weight excluding hydrogens is 471 g/mol. The van der Waals surface area contributed by atoms with Gasteiger partial charge in [0.25, 0.3) is 0 Å². The molecule has 5 heteroatoms. The van der Waals surface area contributed by atoms with E-state index >= 15 is 0 Å². The van der Waals surface area contributed by atoms with Crippen LogP contribution in [-0.2, 0) is 20.4 Å². The van der Waals surface area contributed by atoms with Crippen molar-refractivity contribution in [2.45, 2.75) is 59.4 Å². The van der Waals surface area contributed by atoms with Crippen LogP contribution in [0, 0.1) is 19.3 Å². The van der Waals surface area contributed by atoms with Crippen LogP contribution in [0.15, 0.2) is 63.1 Å². The van der Waals surface area contributed by atoms with Crippen LogP contribution in [0.4, 0.5) is 0 Å². The predicted molar refractivity (Wildman–Crippen MR) is 113 cm³/mol. The van der Waals surface area contributed by atoms with Gasteiger partial charge in [0.15, 0.2) is 0 Å². The van der Waals surface area contributed by atoms with Gasteiger partial charge in [0.1, 0.15) is 0 Å². The Hall–Kier alpha value is -0.0188. The smallest absolute Gasteiger partial charge is 1.00 e. The number of benzene rings is 1. The van der Waals surface area contributed by atoms with Gasteiger partial charge >= 0.3 is 174 Å². The standard InChI is InChI=1S/C24H31Si.3ClH.Ti/c1-17-11-10-12-18(2)22(17)25-24(15-19(3)20(4)21(24)5)16-23(6)13-8-7-9-14-23;;;;/h7-13H,14,16,25H2,1-6H3;3*1H;/q;;;;+3/p-3. The van der Waals surface area contributed by atoms with E-state index in [0.29, 0.717) is 0 Å². The summed E-state index contributed by atoms with van der Waals surface area (Å²) in [4.78, 5) is 0. The molecule has 1 aromatic carbocycles. The summed E-state index contributed by atoms with van der Waals surface area (Å²) in [5.41, 5.74) is 7.96. The fourth-order valence-corrected chi connectivity index (χ4v) is 9.10. The maximum Gasteiger partial charge on any atom is -1.00 e. The largest absolute Gasteiger partial charge is 1.00 e. The zero-order valence-electron chi connectivity index (χ0n) is 18.3. The Morgan fingerprint density at radius 2 is 1.52 bits per heavy atom. The predicted octanol–water partition coefficient (Wildman–Crippen LogP) is -3.65. The van der Waals surface area contributed by atoms with Gasteiger partial charge in [-0.25, -0.2) is 0 Å². The van der Waals surface area contributed by atoms with Crippen LogP contribution in [0.1, 0.15) is 51.7 Å². The molecule has 29 heavy (non-hydrogen) atoms. The van der Waals surface area contributed by atoms with Crippen LogP contribution in [-0.4, -0.2) is 9.52 Å². The molecule has 2 aliphatic rings. The summed E-state index contributed by atoms with van der Waals surface area (Å²) in [7, 11) is -0.514. The molecule has 0 amide bonds. The fourth-order valence-electron chi connectivity index (χ4n) is 4.90. The number of hydrogen-bond acceptors (Lipinski definition) is 0. The maximum absolute atomic E-state index is 2.46. The third-order valence-corrected chi connectivity index (χ3v) is 11.9. The van der Waals surface area contributed by atoms with Crippen molar-refractivity contribution >= 4 is 14.7 Å². The number of allylic oxidation sites excluding steroid dienone is 8. The molecule has 0 aliphatic heterocycles. The number of halogens is 3. The van der Waals surface area contributed by atoms with Crippen molar-refractivity contribution in [3.8, 4) is 0 Å². The second-order valence-corrected chi connectivity index (χ2v) is 11.7. The number of rotatable bonds is 4. The van der Waals surface area contributed by atoms with Gasteiger partial charge < -0.3 is 37.2 Å². The van der Waals surface area contributed by atoms with E-state index in [2.05, 4.69) is 104 Å². The van der Waals surface area contributed by atoms with Crippen LogP contribution < -0.4 is 42.4 Å². The summed E-state index contributed by atoms with van der Waals surface area (Å²) in [5.74, 6) is 0. The molecule has 0 aromatic heterocycles. The fraction of sp³-hybridized carbons (Fsp3) is 0.417. The van der Waals surface area contributed by atoms with E-state index in [4.69, 9.17) is 0 Å². The summed E-state index contributed by atoms with van der Waals surface area (Å²) < 4.78 is 1.64. The van der Waals surface area contributed by atoms with Gasteiger partial charge in [0, 0.05) is 0 Å². The van der Waals surface area contributed by atoms with Gasteiger partial charge in [-0.1, -0.05) is 0 Å². The molecule has 0 saturated heterocycles. The summed E-state index contributed by atoms with van der Waals surface area (Å²) in [6, 6.07) is 6.82. The average molecular weight is 502 g/mol. The molecule has 2 aliphatic carbocycles. The first-order chi connectivity index (χ1) is 12.2. The molecule has 3 rings (SSSR count). The van der Waals surface area contributed by atoms with E-state index in [0.717, 1.165) is 6.42 Å². The SMILES string of the molecule is CC1=C(C)C(CC2(C)C=CC=CC2)([SiH2]c2c(C)cccc2C)[C]([Ti+3])=C1C.[Cl-].[Cl-].[Cl-]. The number of hydrogen-bond donors (Lipinski definition) is 0. The molecule has 0 spiro atoms. The Morgan fingerprint density at radius 1 is 0.931 bits per heavy atom. The van der Waals surface area contributed by atoms with Crippen molar-refractivity contribution in [2.24, 2.45) is 5.41 Å². The Bertz CT molecular complexity index is 823. The molecule has 0 heterocycles. The summed E-state index contributed by atoms with van der Waals surface area (Å²) >= 11 is 2.42. The van der Waals surface area contributed by atoms with Gasteiger partial charge in [-0.05, 0) is 0 Å². The van der Waals surface area contributed by atoms with Gasteiger partial charge in [-0.2, -0.15) is 0 Å². The second kappa shape index (κ2) is 11.0. The zero-order chi connectivity index (χ0) is 19.1. The molecule has 156 valence electrons. The van der Waals surface area contributed by atoms with E-state index in [1.165, 1.54) is 17.5 Å². The van der Waals surface area contributed by atoms with Crippen LogP contribution in [0.3, 0.4) is 0 Å². The van der Waals surface area contributed by atoms with E-state index < -0.39 is 9.52 Å². The minimum atomic E-state index is -0.514. The van der Waals surface area contributed by atoms with Crippen molar-refractivity contribution in [1.82, 2.24) is 0 Å². The molecule has 1 aromatic rings. The van der Waals surface area contributed by atoms with Crippen LogP contribution in [0.2, 0.25) is 5.04 Å². The minimum Gasteiger partial charge on any atom is -1.00 e. The van der Waals surface area contributed by atoms with E-state index in [1.54, 1.807) is 25.8 Å². The summed E-state index contributed by atoms with van der Waals surface area (Å²) in [6.45, 7) is 14.2. The summed E-state index contributed by atoms with van der Waals surface area (Å²) in [5, 5.41) is 1.95. The van der Waals surface area contributed by atoms with Gasteiger partial charge in [-0.3, -0.25) is 0 Å². The summed E-state index contributed by atoms with van der Waals surface area (Å²) in [6.07, 6.45) is 11.7. The Morgan fingerprint density at radius 3 is 1.97 bits per heavy atom. The molecule has 2 atom stereocenters.